The highest BCUT2D eigenvalue weighted by Gasteiger charge is 2.06. The van der Waals surface area contributed by atoms with Crippen LogP contribution in [-0.4, -0.2) is 17.6 Å². The summed E-state index contributed by atoms with van der Waals surface area (Å²) in [5.74, 6) is 0.697. The van der Waals surface area contributed by atoms with Gasteiger partial charge >= 0.3 is 0 Å². The molecule has 3 heteroatoms. The number of pyridine rings is 1. The van der Waals surface area contributed by atoms with E-state index in [1.807, 2.05) is 19.1 Å². The summed E-state index contributed by atoms with van der Waals surface area (Å²) in [5, 5.41) is 3.41. The molecule has 1 N–H and O–H groups in total. The lowest BCUT2D eigenvalue weighted by Crippen LogP contribution is -2.15. The number of anilines is 1. The summed E-state index contributed by atoms with van der Waals surface area (Å²) in [7, 11) is 0. The van der Waals surface area contributed by atoms with Crippen LogP contribution in [0.15, 0.2) is 18.3 Å². The van der Waals surface area contributed by atoms with Crippen LogP contribution >= 0.6 is 0 Å². The molecule has 0 aromatic carbocycles. The maximum Gasteiger partial charge on any atom is 0.237 e. The number of ether oxygens (including phenoxy) is 1. The number of nitrogens with one attached hydrogen (secondary N) is 1. The fourth-order valence-corrected chi connectivity index (χ4v) is 1.52. The molecule has 0 fully saturated rings. The Kier molecular flexibility index (Phi) is 4.95. The molecule has 84 valence electrons. The first-order chi connectivity index (χ1) is 7.27. The van der Waals surface area contributed by atoms with E-state index < -0.39 is 0 Å². The van der Waals surface area contributed by atoms with E-state index in [1.165, 1.54) is 6.42 Å². The molecule has 15 heavy (non-hydrogen) atoms. The van der Waals surface area contributed by atoms with Gasteiger partial charge in [0, 0.05) is 12.2 Å². The molecule has 0 spiro atoms. The summed E-state index contributed by atoms with van der Waals surface area (Å²) in [6, 6.07) is 4.38. The second-order valence-electron chi connectivity index (χ2n) is 3.62. The van der Waals surface area contributed by atoms with Gasteiger partial charge in [0.1, 0.15) is 0 Å². The minimum atomic E-state index is 0.457. The maximum atomic E-state index is 5.44. The van der Waals surface area contributed by atoms with Gasteiger partial charge in [-0.1, -0.05) is 13.3 Å². The first-order valence-electron chi connectivity index (χ1n) is 5.62. The normalized spacial score (nSPS) is 12.2. The van der Waals surface area contributed by atoms with Crippen molar-refractivity contribution >= 4 is 5.69 Å². The van der Waals surface area contributed by atoms with E-state index in [1.54, 1.807) is 6.20 Å². The lowest BCUT2D eigenvalue weighted by atomic mass is 10.2. The first kappa shape index (κ1) is 11.8. The quantitative estimate of drug-likeness (QED) is 0.780. The fourth-order valence-electron chi connectivity index (χ4n) is 1.52. The van der Waals surface area contributed by atoms with Crippen molar-refractivity contribution in [1.82, 2.24) is 4.98 Å². The molecule has 0 bridgehead atoms. The third-order valence-corrected chi connectivity index (χ3v) is 2.18. The van der Waals surface area contributed by atoms with Gasteiger partial charge in [0.05, 0.1) is 12.3 Å². The Morgan fingerprint density at radius 3 is 2.93 bits per heavy atom. The Morgan fingerprint density at radius 2 is 2.27 bits per heavy atom. The molecule has 3 nitrogen and oxygen atoms in total. The number of hydrogen-bond acceptors (Lipinski definition) is 3. The third-order valence-electron chi connectivity index (χ3n) is 2.18. The van der Waals surface area contributed by atoms with Gasteiger partial charge < -0.3 is 10.1 Å². The summed E-state index contributed by atoms with van der Waals surface area (Å²) >= 11 is 0. The van der Waals surface area contributed by atoms with Crippen LogP contribution < -0.4 is 10.1 Å². The highest BCUT2D eigenvalue weighted by Crippen LogP contribution is 2.21. The smallest absolute Gasteiger partial charge is 0.237 e. The molecule has 1 atom stereocenters. The van der Waals surface area contributed by atoms with Crippen molar-refractivity contribution in [2.75, 3.05) is 11.9 Å². The molecular formula is C12H20N2O. The van der Waals surface area contributed by atoms with Gasteiger partial charge in [-0.05, 0) is 32.4 Å². The number of hydrogen-bond donors (Lipinski definition) is 1. The average Bonchev–Trinajstić information content (AvgIpc) is 2.21. The van der Waals surface area contributed by atoms with E-state index >= 15 is 0 Å². The zero-order valence-electron chi connectivity index (χ0n) is 9.79. The Balaban J connectivity index is 2.66. The van der Waals surface area contributed by atoms with Crippen molar-refractivity contribution in [3.63, 3.8) is 0 Å². The molecule has 0 saturated heterocycles. The SMILES string of the molecule is CCCC(C)Nc1cccnc1OCC. The maximum absolute atomic E-state index is 5.44. The van der Waals surface area contributed by atoms with Crippen LogP contribution in [0.2, 0.25) is 0 Å². The standard InChI is InChI=1S/C12H20N2O/c1-4-7-10(3)14-11-8-6-9-13-12(11)15-5-2/h6,8-10,14H,4-5,7H2,1-3H3. The summed E-state index contributed by atoms with van der Waals surface area (Å²) < 4.78 is 5.44. The van der Waals surface area contributed by atoms with E-state index in [0.717, 1.165) is 12.1 Å². The third kappa shape index (κ3) is 3.78. The Labute approximate surface area is 91.9 Å². The van der Waals surface area contributed by atoms with E-state index in [4.69, 9.17) is 4.74 Å². The molecule has 1 unspecified atom stereocenters. The predicted molar refractivity (Wildman–Crippen MR) is 63.4 cm³/mol. The molecule has 1 aromatic rings. The number of aromatic nitrogens is 1. The molecule has 1 heterocycles. The van der Waals surface area contributed by atoms with Crippen molar-refractivity contribution < 1.29 is 4.74 Å². The Morgan fingerprint density at radius 1 is 1.47 bits per heavy atom. The number of nitrogens with zero attached hydrogens (tertiary/aromatic N) is 1. The fraction of sp³-hybridized carbons (Fsp3) is 0.583. The molecule has 0 aliphatic rings. The predicted octanol–water partition coefficient (Wildman–Crippen LogP) is 3.08. The minimum Gasteiger partial charge on any atom is -0.476 e. The van der Waals surface area contributed by atoms with Crippen LogP contribution in [0, 0.1) is 0 Å². The summed E-state index contributed by atoms with van der Waals surface area (Å²) in [6.45, 7) is 6.97. The molecule has 0 radical (unpaired) electrons. The molecule has 0 aliphatic carbocycles. The molecule has 0 amide bonds. The van der Waals surface area contributed by atoms with Gasteiger partial charge in [0.2, 0.25) is 5.88 Å². The molecule has 0 aliphatic heterocycles. The van der Waals surface area contributed by atoms with Gasteiger partial charge in [-0.3, -0.25) is 0 Å². The monoisotopic (exact) mass is 208 g/mol. The van der Waals surface area contributed by atoms with E-state index in [9.17, 15) is 0 Å². The molecule has 1 aromatic heterocycles. The van der Waals surface area contributed by atoms with Crippen molar-refractivity contribution in [2.24, 2.45) is 0 Å². The highest BCUT2D eigenvalue weighted by atomic mass is 16.5. The summed E-state index contributed by atoms with van der Waals surface area (Å²) in [5.41, 5.74) is 0.986. The second-order valence-corrected chi connectivity index (χ2v) is 3.62. The minimum absolute atomic E-state index is 0.457. The van der Waals surface area contributed by atoms with Crippen LogP contribution in [0.3, 0.4) is 0 Å². The first-order valence-corrected chi connectivity index (χ1v) is 5.62. The van der Waals surface area contributed by atoms with Gasteiger partial charge in [0.15, 0.2) is 0 Å². The van der Waals surface area contributed by atoms with Gasteiger partial charge in [-0.15, -0.1) is 0 Å². The zero-order chi connectivity index (χ0) is 11.1. The van der Waals surface area contributed by atoms with Crippen LogP contribution in [0.25, 0.3) is 0 Å². The second kappa shape index (κ2) is 6.27. The van der Waals surface area contributed by atoms with Crippen LogP contribution in [0.5, 0.6) is 5.88 Å². The van der Waals surface area contributed by atoms with Crippen molar-refractivity contribution in [3.05, 3.63) is 18.3 Å². The van der Waals surface area contributed by atoms with Crippen molar-refractivity contribution in [2.45, 2.75) is 39.7 Å². The van der Waals surface area contributed by atoms with Gasteiger partial charge in [0.25, 0.3) is 0 Å². The zero-order valence-corrected chi connectivity index (χ0v) is 9.79. The summed E-state index contributed by atoms with van der Waals surface area (Å²) in [4.78, 5) is 4.20. The van der Waals surface area contributed by atoms with Crippen LogP contribution in [0.1, 0.15) is 33.6 Å². The Hall–Kier alpha value is -1.25. The van der Waals surface area contributed by atoms with E-state index in [2.05, 4.69) is 24.1 Å². The largest absolute Gasteiger partial charge is 0.476 e. The molecule has 0 saturated carbocycles. The van der Waals surface area contributed by atoms with Crippen LogP contribution in [0.4, 0.5) is 5.69 Å². The topological polar surface area (TPSA) is 34.2 Å². The van der Waals surface area contributed by atoms with E-state index in [0.29, 0.717) is 18.5 Å². The average molecular weight is 208 g/mol. The van der Waals surface area contributed by atoms with Gasteiger partial charge in [-0.25, -0.2) is 4.98 Å². The Bertz CT molecular complexity index is 289. The van der Waals surface area contributed by atoms with Crippen LogP contribution in [-0.2, 0) is 0 Å². The van der Waals surface area contributed by atoms with Gasteiger partial charge in [-0.2, -0.15) is 0 Å². The number of rotatable bonds is 6. The highest BCUT2D eigenvalue weighted by molar-refractivity contribution is 5.52. The van der Waals surface area contributed by atoms with Crippen molar-refractivity contribution in [3.8, 4) is 5.88 Å². The summed E-state index contributed by atoms with van der Waals surface area (Å²) in [6.07, 6.45) is 4.08. The lowest BCUT2D eigenvalue weighted by Gasteiger charge is -2.16. The van der Waals surface area contributed by atoms with E-state index in [-0.39, 0.29) is 0 Å². The lowest BCUT2D eigenvalue weighted by molar-refractivity contribution is 0.328. The molecular weight excluding hydrogens is 188 g/mol. The van der Waals surface area contributed by atoms with Crippen molar-refractivity contribution in [1.29, 1.82) is 0 Å². The molecule has 1 rings (SSSR count).